The second-order valence-electron chi connectivity index (χ2n) is 5.27. The number of nitrogens with one attached hydrogen (secondary N) is 1. The van der Waals surface area contributed by atoms with Gasteiger partial charge in [-0.25, -0.2) is 0 Å². The van der Waals surface area contributed by atoms with Crippen LogP contribution in [0.25, 0.3) is 0 Å². The van der Waals surface area contributed by atoms with E-state index in [0.717, 1.165) is 25.7 Å². The molecule has 1 fully saturated rings. The van der Waals surface area contributed by atoms with Crippen LogP contribution in [0.15, 0.2) is 24.3 Å². The van der Waals surface area contributed by atoms with Crippen LogP contribution in [0, 0.1) is 0 Å². The molecule has 2 atom stereocenters. The zero-order valence-electron chi connectivity index (χ0n) is 12.1. The van der Waals surface area contributed by atoms with Gasteiger partial charge in [-0.2, -0.15) is 0 Å². The third kappa shape index (κ3) is 4.05. The van der Waals surface area contributed by atoms with Gasteiger partial charge in [-0.3, -0.25) is 4.79 Å². The molecule has 0 aliphatic carbocycles. The van der Waals surface area contributed by atoms with Gasteiger partial charge in [-0.15, -0.1) is 0 Å². The van der Waals surface area contributed by atoms with E-state index in [-0.39, 0.29) is 18.1 Å². The molecule has 1 aliphatic rings. The van der Waals surface area contributed by atoms with E-state index in [0.29, 0.717) is 13.1 Å². The summed E-state index contributed by atoms with van der Waals surface area (Å²) in [7, 11) is 0. The highest BCUT2D eigenvalue weighted by atomic mass is 16.5. The minimum absolute atomic E-state index is 0.00821. The Morgan fingerprint density at radius 1 is 1.30 bits per heavy atom. The summed E-state index contributed by atoms with van der Waals surface area (Å²) in [6.07, 6.45) is 3.30. The summed E-state index contributed by atoms with van der Waals surface area (Å²) in [5.74, 6) is -0.00821. The largest absolute Gasteiger partial charge is 0.364 e. The predicted molar refractivity (Wildman–Crippen MR) is 79.5 cm³/mol. The Bertz CT molecular complexity index is 431. The molecule has 4 nitrogen and oxygen atoms in total. The maximum atomic E-state index is 11.9. The van der Waals surface area contributed by atoms with Gasteiger partial charge in [0.1, 0.15) is 6.10 Å². The molecule has 0 bridgehead atoms. The highest BCUT2D eigenvalue weighted by molar-refractivity contribution is 5.81. The van der Waals surface area contributed by atoms with E-state index in [1.54, 1.807) is 0 Å². The summed E-state index contributed by atoms with van der Waals surface area (Å²) in [6.45, 7) is 3.29. The van der Waals surface area contributed by atoms with Gasteiger partial charge in [0.25, 0.3) is 0 Å². The van der Waals surface area contributed by atoms with Gasteiger partial charge in [0.15, 0.2) is 0 Å². The molecule has 1 amide bonds. The van der Waals surface area contributed by atoms with E-state index in [1.165, 1.54) is 11.1 Å². The van der Waals surface area contributed by atoms with Crippen LogP contribution in [-0.4, -0.2) is 31.2 Å². The smallest absolute Gasteiger partial charge is 0.249 e. The predicted octanol–water partition coefficient (Wildman–Crippen LogP) is 1.41. The molecule has 110 valence electrons. The molecular formula is C16H24N2O2. The number of aryl methyl sites for hydroxylation is 1. The zero-order chi connectivity index (χ0) is 14.4. The molecule has 0 aromatic heterocycles. The van der Waals surface area contributed by atoms with Gasteiger partial charge < -0.3 is 15.8 Å². The Morgan fingerprint density at radius 3 is 2.60 bits per heavy atom. The van der Waals surface area contributed by atoms with Crippen LogP contribution >= 0.6 is 0 Å². The van der Waals surface area contributed by atoms with Crippen LogP contribution in [0.5, 0.6) is 0 Å². The molecule has 2 rings (SSSR count). The normalized spacial score (nSPS) is 21.9. The first-order valence-corrected chi connectivity index (χ1v) is 7.44. The Hall–Kier alpha value is -1.39. The quantitative estimate of drug-likeness (QED) is 0.826. The second kappa shape index (κ2) is 7.41. The molecule has 0 radical (unpaired) electrons. The molecule has 1 aromatic rings. The maximum Gasteiger partial charge on any atom is 0.249 e. The van der Waals surface area contributed by atoms with Gasteiger partial charge in [0, 0.05) is 13.1 Å². The van der Waals surface area contributed by atoms with Gasteiger partial charge in [-0.05, 0) is 36.8 Å². The number of carbonyl (C=O) groups is 1. The number of ether oxygens (including phenoxy) is 1. The van der Waals surface area contributed by atoms with Crippen molar-refractivity contribution in [1.29, 1.82) is 0 Å². The van der Waals surface area contributed by atoms with E-state index in [9.17, 15) is 4.79 Å². The van der Waals surface area contributed by atoms with Crippen molar-refractivity contribution in [1.82, 2.24) is 5.32 Å². The highest BCUT2D eigenvalue weighted by Crippen LogP contribution is 2.18. The third-order valence-electron chi connectivity index (χ3n) is 3.81. The number of rotatable bonds is 6. The number of hydrogen-bond donors (Lipinski definition) is 2. The van der Waals surface area contributed by atoms with Crippen LogP contribution in [0.4, 0.5) is 0 Å². The molecule has 1 aliphatic heterocycles. The highest BCUT2D eigenvalue weighted by Gasteiger charge is 2.29. The van der Waals surface area contributed by atoms with Crippen molar-refractivity contribution in [3.05, 3.63) is 35.4 Å². The first kappa shape index (κ1) is 15.0. The van der Waals surface area contributed by atoms with Crippen molar-refractivity contribution in [3.8, 4) is 0 Å². The van der Waals surface area contributed by atoms with Crippen LogP contribution in [0.3, 0.4) is 0 Å². The molecule has 4 heteroatoms. The van der Waals surface area contributed by atoms with Crippen molar-refractivity contribution >= 4 is 5.91 Å². The van der Waals surface area contributed by atoms with Crippen molar-refractivity contribution in [2.24, 2.45) is 5.73 Å². The fourth-order valence-corrected chi connectivity index (χ4v) is 2.46. The first-order valence-electron chi connectivity index (χ1n) is 7.44. The maximum absolute atomic E-state index is 11.9. The Balaban J connectivity index is 1.71. The third-order valence-corrected chi connectivity index (χ3v) is 3.81. The second-order valence-corrected chi connectivity index (χ2v) is 5.27. The van der Waals surface area contributed by atoms with Crippen LogP contribution in [0.1, 0.15) is 30.9 Å². The average Bonchev–Trinajstić information content (AvgIpc) is 2.97. The summed E-state index contributed by atoms with van der Waals surface area (Å²) >= 11 is 0. The summed E-state index contributed by atoms with van der Waals surface area (Å²) in [6, 6.07) is 8.54. The monoisotopic (exact) mass is 276 g/mol. The Kier molecular flexibility index (Phi) is 5.56. The zero-order valence-corrected chi connectivity index (χ0v) is 12.1. The number of benzene rings is 1. The van der Waals surface area contributed by atoms with Crippen LogP contribution < -0.4 is 11.1 Å². The number of hydrogen-bond acceptors (Lipinski definition) is 3. The molecule has 0 unspecified atom stereocenters. The molecular weight excluding hydrogens is 252 g/mol. The van der Waals surface area contributed by atoms with Gasteiger partial charge >= 0.3 is 0 Å². The van der Waals surface area contributed by atoms with Crippen molar-refractivity contribution in [2.75, 3.05) is 13.1 Å². The Morgan fingerprint density at radius 2 is 2.00 bits per heavy atom. The number of carbonyl (C=O) groups excluding carboxylic acids is 1. The van der Waals surface area contributed by atoms with Crippen molar-refractivity contribution < 1.29 is 9.53 Å². The molecule has 1 aromatic carbocycles. The molecule has 0 spiro atoms. The van der Waals surface area contributed by atoms with Crippen LogP contribution in [0.2, 0.25) is 0 Å². The lowest BCUT2D eigenvalue weighted by Crippen LogP contribution is -2.36. The lowest BCUT2D eigenvalue weighted by molar-refractivity contribution is -0.131. The Labute approximate surface area is 120 Å². The van der Waals surface area contributed by atoms with Crippen molar-refractivity contribution in [3.63, 3.8) is 0 Å². The average molecular weight is 276 g/mol. The van der Waals surface area contributed by atoms with Crippen LogP contribution in [-0.2, 0) is 22.4 Å². The molecule has 1 saturated heterocycles. The fraction of sp³-hybridized carbons (Fsp3) is 0.562. The molecule has 3 N–H and O–H groups in total. The topological polar surface area (TPSA) is 64.4 Å². The minimum atomic E-state index is -0.314. The summed E-state index contributed by atoms with van der Waals surface area (Å²) < 4.78 is 5.57. The summed E-state index contributed by atoms with van der Waals surface area (Å²) in [5, 5.41) is 2.94. The number of nitrogens with two attached hydrogens (primary N) is 1. The first-order chi connectivity index (χ1) is 9.72. The molecule has 0 saturated carbocycles. The van der Waals surface area contributed by atoms with E-state index in [1.807, 2.05) is 0 Å². The fourth-order valence-electron chi connectivity index (χ4n) is 2.46. The van der Waals surface area contributed by atoms with Gasteiger partial charge in [-0.1, -0.05) is 31.2 Å². The lowest BCUT2D eigenvalue weighted by Gasteiger charge is -2.12. The standard InChI is InChI=1S/C16H24N2O2/c1-2-12-3-5-13(6-4-12)9-10-18-16(19)15-8-7-14(11-17)20-15/h3-6,14-15H,2,7-11,17H2,1H3,(H,18,19)/t14-,15+/m1/s1. The van der Waals surface area contributed by atoms with E-state index >= 15 is 0 Å². The molecule has 20 heavy (non-hydrogen) atoms. The summed E-state index contributed by atoms with van der Waals surface area (Å²) in [5.41, 5.74) is 8.12. The minimum Gasteiger partial charge on any atom is -0.364 e. The van der Waals surface area contributed by atoms with Gasteiger partial charge in [0.05, 0.1) is 6.10 Å². The lowest BCUT2D eigenvalue weighted by atomic mass is 10.1. The van der Waals surface area contributed by atoms with E-state index < -0.39 is 0 Å². The van der Waals surface area contributed by atoms with Gasteiger partial charge in [0.2, 0.25) is 5.91 Å². The molecule has 1 heterocycles. The SMILES string of the molecule is CCc1ccc(CCNC(=O)[C@@H]2CC[C@H](CN)O2)cc1. The number of amides is 1. The van der Waals surface area contributed by atoms with E-state index in [4.69, 9.17) is 10.5 Å². The van der Waals surface area contributed by atoms with E-state index in [2.05, 4.69) is 36.5 Å². The van der Waals surface area contributed by atoms with Crippen molar-refractivity contribution in [2.45, 2.75) is 44.8 Å². The summed E-state index contributed by atoms with van der Waals surface area (Å²) in [4.78, 5) is 11.9.